The van der Waals surface area contributed by atoms with Crippen LogP contribution in [0.25, 0.3) is 0 Å². The van der Waals surface area contributed by atoms with Crippen LogP contribution >= 0.6 is 0 Å². The fourth-order valence-corrected chi connectivity index (χ4v) is 1.25. The molecule has 1 aromatic rings. The van der Waals surface area contributed by atoms with Crippen LogP contribution in [0.1, 0.15) is 24.2 Å². The summed E-state index contributed by atoms with van der Waals surface area (Å²) in [6.45, 7) is 3.57. The fraction of sp³-hybridized carbons (Fsp3) is 0.385. The van der Waals surface area contributed by atoms with Crippen molar-refractivity contribution in [3.05, 3.63) is 29.8 Å². The molecule has 0 amide bonds. The minimum absolute atomic E-state index is 0.0307. The molecule has 4 heteroatoms. The number of Topliss-reactive ketones (excluding diaryl/α,β-unsaturated/α-hetero) is 1. The lowest BCUT2D eigenvalue weighted by atomic mass is 10.0. The molecule has 4 nitrogen and oxygen atoms in total. The SMILES string of the molecule is COC(=O)COc1ccc(C(=O)C(C)C)cc1. The molecule has 1 aromatic carbocycles. The van der Waals surface area contributed by atoms with Gasteiger partial charge in [0.1, 0.15) is 5.75 Å². The second-order valence-corrected chi connectivity index (χ2v) is 3.91. The number of methoxy groups -OCH3 is 1. The van der Waals surface area contributed by atoms with Gasteiger partial charge in [0, 0.05) is 11.5 Å². The van der Waals surface area contributed by atoms with Crippen LogP contribution < -0.4 is 4.74 Å². The maximum absolute atomic E-state index is 11.7. The molecule has 0 unspecified atom stereocenters. The van der Waals surface area contributed by atoms with Crippen molar-refractivity contribution >= 4 is 11.8 Å². The number of hydrogen-bond donors (Lipinski definition) is 0. The highest BCUT2D eigenvalue weighted by molar-refractivity contribution is 5.97. The van der Waals surface area contributed by atoms with Gasteiger partial charge in [-0.2, -0.15) is 0 Å². The van der Waals surface area contributed by atoms with Crippen LogP contribution in [0.3, 0.4) is 0 Å². The Morgan fingerprint density at radius 2 is 1.76 bits per heavy atom. The Balaban J connectivity index is 2.62. The van der Waals surface area contributed by atoms with Gasteiger partial charge in [-0.05, 0) is 24.3 Å². The standard InChI is InChI=1S/C13H16O4/c1-9(2)13(15)10-4-6-11(7-5-10)17-8-12(14)16-3/h4-7,9H,8H2,1-3H3. The molecule has 0 atom stereocenters. The van der Waals surface area contributed by atoms with Gasteiger partial charge in [0.25, 0.3) is 0 Å². The predicted octanol–water partition coefficient (Wildman–Crippen LogP) is 2.08. The second kappa shape index (κ2) is 6.03. The molecule has 1 rings (SSSR count). The number of carbonyl (C=O) groups is 2. The molecule has 0 saturated carbocycles. The van der Waals surface area contributed by atoms with Crippen molar-refractivity contribution < 1.29 is 19.1 Å². The maximum Gasteiger partial charge on any atom is 0.343 e. The van der Waals surface area contributed by atoms with Gasteiger partial charge in [0.05, 0.1) is 7.11 Å². The van der Waals surface area contributed by atoms with E-state index in [0.717, 1.165) is 0 Å². The normalized spacial score (nSPS) is 10.1. The quantitative estimate of drug-likeness (QED) is 0.580. The molecule has 0 heterocycles. The first-order valence-electron chi connectivity index (χ1n) is 5.38. The molecule has 17 heavy (non-hydrogen) atoms. The first-order chi connectivity index (χ1) is 8.04. The Morgan fingerprint density at radius 1 is 1.18 bits per heavy atom. The third-order valence-corrected chi connectivity index (χ3v) is 2.25. The summed E-state index contributed by atoms with van der Waals surface area (Å²) in [5, 5.41) is 0. The first kappa shape index (κ1) is 13.2. The van der Waals surface area contributed by atoms with Crippen molar-refractivity contribution in [3.63, 3.8) is 0 Å². The van der Waals surface area contributed by atoms with Crippen LogP contribution in [0, 0.1) is 5.92 Å². The molecule has 0 radical (unpaired) electrons. The van der Waals surface area contributed by atoms with E-state index in [-0.39, 0.29) is 18.3 Å². The molecule has 92 valence electrons. The molecule has 0 aliphatic heterocycles. The van der Waals surface area contributed by atoms with Crippen molar-refractivity contribution in [1.82, 2.24) is 0 Å². The summed E-state index contributed by atoms with van der Waals surface area (Å²) >= 11 is 0. The summed E-state index contributed by atoms with van der Waals surface area (Å²) < 4.78 is 9.62. The minimum Gasteiger partial charge on any atom is -0.482 e. The second-order valence-electron chi connectivity index (χ2n) is 3.91. The van der Waals surface area contributed by atoms with Gasteiger partial charge in [0.2, 0.25) is 0 Å². The van der Waals surface area contributed by atoms with E-state index in [1.54, 1.807) is 24.3 Å². The topological polar surface area (TPSA) is 52.6 Å². The van der Waals surface area contributed by atoms with E-state index in [9.17, 15) is 9.59 Å². The van der Waals surface area contributed by atoms with Crippen molar-refractivity contribution in [2.45, 2.75) is 13.8 Å². The Morgan fingerprint density at radius 3 is 2.24 bits per heavy atom. The highest BCUT2D eigenvalue weighted by atomic mass is 16.6. The zero-order valence-corrected chi connectivity index (χ0v) is 10.2. The summed E-state index contributed by atoms with van der Waals surface area (Å²) in [5.41, 5.74) is 0.644. The van der Waals surface area contributed by atoms with E-state index in [0.29, 0.717) is 11.3 Å². The lowest BCUT2D eigenvalue weighted by molar-refractivity contribution is -0.142. The summed E-state index contributed by atoms with van der Waals surface area (Å²) in [4.78, 5) is 22.5. The molecule has 0 aromatic heterocycles. The van der Waals surface area contributed by atoms with Crippen molar-refractivity contribution in [2.24, 2.45) is 5.92 Å². The van der Waals surface area contributed by atoms with Crippen LogP contribution in [-0.4, -0.2) is 25.5 Å². The third kappa shape index (κ3) is 3.90. The van der Waals surface area contributed by atoms with Gasteiger partial charge in [-0.1, -0.05) is 13.8 Å². The minimum atomic E-state index is -0.438. The highest BCUT2D eigenvalue weighted by Crippen LogP contribution is 2.15. The van der Waals surface area contributed by atoms with Crippen molar-refractivity contribution in [2.75, 3.05) is 13.7 Å². The van der Waals surface area contributed by atoms with Crippen LogP contribution in [0.4, 0.5) is 0 Å². The van der Waals surface area contributed by atoms with Gasteiger partial charge < -0.3 is 9.47 Å². The average molecular weight is 236 g/mol. The lowest BCUT2D eigenvalue weighted by Gasteiger charge is -2.07. The third-order valence-electron chi connectivity index (χ3n) is 2.25. The number of rotatable bonds is 5. The van der Waals surface area contributed by atoms with Crippen LogP contribution in [0.15, 0.2) is 24.3 Å². The largest absolute Gasteiger partial charge is 0.482 e. The van der Waals surface area contributed by atoms with Gasteiger partial charge in [-0.25, -0.2) is 4.79 Å². The van der Waals surface area contributed by atoms with Gasteiger partial charge in [-0.3, -0.25) is 4.79 Å². The number of ether oxygens (including phenoxy) is 2. The van der Waals surface area contributed by atoms with E-state index in [1.807, 2.05) is 13.8 Å². The van der Waals surface area contributed by atoms with Crippen LogP contribution in [0.5, 0.6) is 5.75 Å². The van der Waals surface area contributed by atoms with Gasteiger partial charge >= 0.3 is 5.97 Å². The van der Waals surface area contributed by atoms with Crippen molar-refractivity contribution in [3.8, 4) is 5.75 Å². The van der Waals surface area contributed by atoms with E-state index in [2.05, 4.69) is 4.74 Å². The number of carbonyl (C=O) groups excluding carboxylic acids is 2. The predicted molar refractivity (Wildman–Crippen MR) is 63.1 cm³/mol. The zero-order valence-electron chi connectivity index (χ0n) is 10.2. The monoisotopic (exact) mass is 236 g/mol. The van der Waals surface area contributed by atoms with Crippen LogP contribution in [0.2, 0.25) is 0 Å². The zero-order chi connectivity index (χ0) is 12.8. The van der Waals surface area contributed by atoms with Gasteiger partial charge in [-0.15, -0.1) is 0 Å². The molecular weight excluding hydrogens is 220 g/mol. The molecule has 0 N–H and O–H groups in total. The Hall–Kier alpha value is -1.84. The summed E-state index contributed by atoms with van der Waals surface area (Å²) in [7, 11) is 1.30. The molecule has 0 fully saturated rings. The molecule has 0 bridgehead atoms. The maximum atomic E-state index is 11.7. The van der Waals surface area contributed by atoms with Crippen LogP contribution in [-0.2, 0) is 9.53 Å². The molecule has 0 spiro atoms. The lowest BCUT2D eigenvalue weighted by Crippen LogP contribution is -2.12. The van der Waals surface area contributed by atoms with Gasteiger partial charge in [0.15, 0.2) is 12.4 Å². The fourth-order valence-electron chi connectivity index (χ4n) is 1.25. The van der Waals surface area contributed by atoms with E-state index in [1.165, 1.54) is 7.11 Å². The summed E-state index contributed by atoms with van der Waals surface area (Å²) in [6.07, 6.45) is 0. The summed E-state index contributed by atoms with van der Waals surface area (Å²) in [5.74, 6) is 0.157. The van der Waals surface area contributed by atoms with E-state index in [4.69, 9.17) is 4.74 Å². The van der Waals surface area contributed by atoms with Crippen molar-refractivity contribution in [1.29, 1.82) is 0 Å². The highest BCUT2D eigenvalue weighted by Gasteiger charge is 2.10. The number of hydrogen-bond acceptors (Lipinski definition) is 4. The molecule has 0 aliphatic carbocycles. The first-order valence-corrected chi connectivity index (χ1v) is 5.38. The molecule has 0 aliphatic rings. The Bertz CT molecular complexity index is 392. The average Bonchev–Trinajstić information content (AvgIpc) is 2.35. The Labute approximate surface area is 101 Å². The van der Waals surface area contributed by atoms with E-state index >= 15 is 0 Å². The Kier molecular flexibility index (Phi) is 4.69. The van der Waals surface area contributed by atoms with E-state index < -0.39 is 5.97 Å². The number of benzene rings is 1. The number of ketones is 1. The molecular formula is C13H16O4. The summed E-state index contributed by atoms with van der Waals surface area (Å²) in [6, 6.07) is 6.71. The molecule has 0 saturated heterocycles. The smallest absolute Gasteiger partial charge is 0.343 e. The number of esters is 1.